The van der Waals surface area contributed by atoms with E-state index in [4.69, 9.17) is 0 Å². The molecule has 0 saturated heterocycles. The summed E-state index contributed by atoms with van der Waals surface area (Å²) in [6, 6.07) is 16.3. The van der Waals surface area contributed by atoms with Gasteiger partial charge in [-0.25, -0.2) is 0 Å². The van der Waals surface area contributed by atoms with Gasteiger partial charge >= 0.3 is 0 Å². The number of anilines is 4. The lowest BCUT2D eigenvalue weighted by Crippen LogP contribution is -2.17. The molecule has 0 unspecified atom stereocenters. The highest BCUT2D eigenvalue weighted by Gasteiger charge is 2.22. The SMILES string of the molecule is Brc1cccc(Nc2cnnc(N3CCc4ccccc43)n2)c1. The third kappa shape index (κ3) is 2.90. The Bertz CT molecular complexity index is 852. The molecule has 1 aliphatic rings. The van der Waals surface area contributed by atoms with Crippen LogP contribution in [0.4, 0.5) is 23.1 Å². The maximum Gasteiger partial charge on any atom is 0.251 e. The van der Waals surface area contributed by atoms with E-state index in [1.165, 1.54) is 5.56 Å². The van der Waals surface area contributed by atoms with Crippen molar-refractivity contribution in [3.05, 3.63) is 64.8 Å². The van der Waals surface area contributed by atoms with Crippen molar-refractivity contribution in [1.82, 2.24) is 15.2 Å². The van der Waals surface area contributed by atoms with Crippen LogP contribution < -0.4 is 10.2 Å². The first-order valence-corrected chi connectivity index (χ1v) is 8.17. The van der Waals surface area contributed by atoms with Crippen molar-refractivity contribution >= 4 is 39.1 Å². The van der Waals surface area contributed by atoms with Crippen molar-refractivity contribution in [2.75, 3.05) is 16.8 Å². The van der Waals surface area contributed by atoms with Crippen molar-refractivity contribution in [3.8, 4) is 0 Å². The van der Waals surface area contributed by atoms with Gasteiger partial charge in [0.15, 0.2) is 5.82 Å². The van der Waals surface area contributed by atoms with Crippen LogP contribution in [0.15, 0.2) is 59.2 Å². The fraction of sp³-hybridized carbons (Fsp3) is 0.118. The number of fused-ring (bicyclic) bond motifs is 1. The summed E-state index contributed by atoms with van der Waals surface area (Å²) in [5.41, 5.74) is 3.43. The van der Waals surface area contributed by atoms with Crippen LogP contribution >= 0.6 is 15.9 Å². The first kappa shape index (κ1) is 14.1. The standard InChI is InChI=1S/C17H14BrN5/c18-13-5-3-6-14(10-13)20-16-11-19-22-17(21-16)23-9-8-12-4-1-2-7-15(12)23/h1-7,10-11H,8-9H2,(H,20,21,22). The first-order valence-electron chi connectivity index (χ1n) is 7.37. The minimum Gasteiger partial charge on any atom is -0.339 e. The third-order valence-electron chi connectivity index (χ3n) is 3.77. The van der Waals surface area contributed by atoms with Crippen molar-refractivity contribution in [1.29, 1.82) is 0 Å². The van der Waals surface area contributed by atoms with Crippen LogP contribution in [0.3, 0.4) is 0 Å². The lowest BCUT2D eigenvalue weighted by Gasteiger charge is -2.17. The van der Waals surface area contributed by atoms with Gasteiger partial charge in [0.2, 0.25) is 0 Å². The number of hydrogen-bond donors (Lipinski definition) is 1. The average molecular weight is 368 g/mol. The topological polar surface area (TPSA) is 53.9 Å². The van der Waals surface area contributed by atoms with E-state index in [2.05, 4.69) is 59.5 Å². The van der Waals surface area contributed by atoms with E-state index < -0.39 is 0 Å². The van der Waals surface area contributed by atoms with Gasteiger partial charge in [-0.1, -0.05) is 40.2 Å². The molecular formula is C17H14BrN5. The maximum absolute atomic E-state index is 4.60. The maximum atomic E-state index is 4.60. The highest BCUT2D eigenvalue weighted by Crippen LogP contribution is 2.32. The molecule has 0 saturated carbocycles. The quantitative estimate of drug-likeness (QED) is 0.755. The van der Waals surface area contributed by atoms with E-state index in [0.717, 1.165) is 28.8 Å². The van der Waals surface area contributed by atoms with E-state index >= 15 is 0 Å². The highest BCUT2D eigenvalue weighted by molar-refractivity contribution is 9.10. The molecule has 4 rings (SSSR count). The fourth-order valence-corrected chi connectivity index (χ4v) is 3.13. The van der Waals surface area contributed by atoms with Crippen LogP contribution in [0, 0.1) is 0 Å². The molecule has 0 atom stereocenters. The van der Waals surface area contributed by atoms with Gasteiger partial charge in [-0.05, 0) is 36.2 Å². The Morgan fingerprint density at radius 1 is 1.09 bits per heavy atom. The van der Waals surface area contributed by atoms with Gasteiger partial charge < -0.3 is 10.2 Å². The van der Waals surface area contributed by atoms with Crippen LogP contribution in [-0.2, 0) is 6.42 Å². The molecule has 0 fully saturated rings. The summed E-state index contributed by atoms with van der Waals surface area (Å²) in [6.07, 6.45) is 2.63. The molecule has 1 aromatic heterocycles. The molecule has 0 amide bonds. The molecule has 23 heavy (non-hydrogen) atoms. The highest BCUT2D eigenvalue weighted by atomic mass is 79.9. The largest absolute Gasteiger partial charge is 0.339 e. The van der Waals surface area contributed by atoms with Crippen LogP contribution in [-0.4, -0.2) is 21.7 Å². The smallest absolute Gasteiger partial charge is 0.251 e. The van der Waals surface area contributed by atoms with Gasteiger partial charge in [0.1, 0.15) is 0 Å². The van der Waals surface area contributed by atoms with Gasteiger partial charge in [0.25, 0.3) is 5.95 Å². The van der Waals surface area contributed by atoms with Gasteiger partial charge in [0.05, 0.1) is 6.20 Å². The van der Waals surface area contributed by atoms with Gasteiger partial charge in [-0.15, -0.1) is 5.10 Å². The Balaban J connectivity index is 1.62. The zero-order valence-corrected chi connectivity index (χ0v) is 13.9. The van der Waals surface area contributed by atoms with Crippen LogP contribution in [0.1, 0.15) is 5.56 Å². The van der Waals surface area contributed by atoms with Gasteiger partial charge in [-0.2, -0.15) is 10.1 Å². The zero-order chi connectivity index (χ0) is 15.6. The molecule has 0 bridgehead atoms. The molecular weight excluding hydrogens is 354 g/mol. The second-order valence-electron chi connectivity index (χ2n) is 5.31. The molecule has 1 aliphatic heterocycles. The summed E-state index contributed by atoms with van der Waals surface area (Å²) >= 11 is 3.47. The molecule has 3 aromatic rings. The van der Waals surface area contributed by atoms with Crippen LogP contribution in [0.2, 0.25) is 0 Å². The molecule has 6 heteroatoms. The predicted molar refractivity (Wildman–Crippen MR) is 94.4 cm³/mol. The van der Waals surface area contributed by atoms with Gasteiger partial charge in [-0.3, -0.25) is 0 Å². The number of aromatic nitrogens is 3. The number of halogens is 1. The summed E-state index contributed by atoms with van der Waals surface area (Å²) in [7, 11) is 0. The molecule has 114 valence electrons. The first-order chi connectivity index (χ1) is 11.3. The summed E-state index contributed by atoms with van der Waals surface area (Å²) < 4.78 is 1.01. The zero-order valence-electron chi connectivity index (χ0n) is 12.3. The van der Waals surface area contributed by atoms with Crippen LogP contribution in [0.25, 0.3) is 0 Å². The normalized spacial score (nSPS) is 13.0. The Labute approximate surface area is 142 Å². The summed E-state index contributed by atoms with van der Waals surface area (Å²) in [5.74, 6) is 1.30. The Morgan fingerprint density at radius 2 is 2.00 bits per heavy atom. The molecule has 2 heterocycles. The fourth-order valence-electron chi connectivity index (χ4n) is 2.73. The minimum atomic E-state index is 0.620. The number of rotatable bonds is 3. The number of nitrogens with one attached hydrogen (secondary N) is 1. The van der Waals surface area contributed by atoms with E-state index in [1.54, 1.807) is 6.20 Å². The number of benzene rings is 2. The van der Waals surface area contributed by atoms with Crippen molar-refractivity contribution in [2.24, 2.45) is 0 Å². The molecule has 1 N–H and O–H groups in total. The Morgan fingerprint density at radius 3 is 2.91 bits per heavy atom. The third-order valence-corrected chi connectivity index (χ3v) is 4.27. The summed E-state index contributed by atoms with van der Waals surface area (Å²) in [4.78, 5) is 6.71. The molecule has 0 spiro atoms. The van der Waals surface area contributed by atoms with E-state index in [0.29, 0.717) is 11.8 Å². The van der Waals surface area contributed by atoms with Gasteiger partial charge in [0, 0.05) is 22.4 Å². The lowest BCUT2D eigenvalue weighted by atomic mass is 10.2. The second-order valence-corrected chi connectivity index (χ2v) is 6.22. The lowest BCUT2D eigenvalue weighted by molar-refractivity contribution is 0.887. The van der Waals surface area contributed by atoms with Crippen LogP contribution in [0.5, 0.6) is 0 Å². The molecule has 2 aromatic carbocycles. The summed E-state index contributed by atoms with van der Waals surface area (Å²) in [6.45, 7) is 0.876. The predicted octanol–water partition coefficient (Wildman–Crippen LogP) is 4.07. The number of hydrogen-bond acceptors (Lipinski definition) is 5. The van der Waals surface area contributed by atoms with E-state index in [-0.39, 0.29) is 0 Å². The minimum absolute atomic E-state index is 0.620. The van der Waals surface area contributed by atoms with Crippen molar-refractivity contribution < 1.29 is 0 Å². The van der Waals surface area contributed by atoms with E-state index in [1.807, 2.05) is 30.3 Å². The van der Waals surface area contributed by atoms with E-state index in [9.17, 15) is 0 Å². The Hall–Kier alpha value is -2.47. The van der Waals surface area contributed by atoms with Crippen molar-refractivity contribution in [2.45, 2.75) is 6.42 Å². The number of para-hydroxylation sites is 1. The monoisotopic (exact) mass is 367 g/mol. The summed E-state index contributed by atoms with van der Waals surface area (Å²) in [5, 5.41) is 11.5. The second kappa shape index (κ2) is 5.96. The molecule has 5 nitrogen and oxygen atoms in total. The molecule has 0 aliphatic carbocycles. The average Bonchev–Trinajstić information content (AvgIpc) is 2.99. The number of nitrogens with zero attached hydrogens (tertiary/aromatic N) is 4. The van der Waals surface area contributed by atoms with Crippen molar-refractivity contribution in [3.63, 3.8) is 0 Å². The Kier molecular flexibility index (Phi) is 3.67. The molecule has 0 radical (unpaired) electrons.